The van der Waals surface area contributed by atoms with Gasteiger partial charge in [-0.2, -0.15) is 0 Å². The molecule has 0 atom stereocenters. The number of hydrogen-bond acceptors (Lipinski definition) is 2. The minimum Gasteiger partial charge on any atom is -0.335 e. The van der Waals surface area contributed by atoms with Gasteiger partial charge in [0.05, 0.1) is 5.69 Å². The van der Waals surface area contributed by atoms with E-state index < -0.39 is 0 Å². The van der Waals surface area contributed by atoms with Crippen molar-refractivity contribution in [3.8, 4) is 0 Å². The normalized spacial score (nSPS) is 11.4. The summed E-state index contributed by atoms with van der Waals surface area (Å²) in [7, 11) is 0. The van der Waals surface area contributed by atoms with E-state index in [0.717, 1.165) is 22.3 Å². The highest BCUT2D eigenvalue weighted by Crippen LogP contribution is 2.23. The highest BCUT2D eigenvalue weighted by Gasteiger charge is 2.04. The van der Waals surface area contributed by atoms with E-state index in [-0.39, 0.29) is 0 Å². The van der Waals surface area contributed by atoms with Gasteiger partial charge in [0.25, 0.3) is 0 Å². The summed E-state index contributed by atoms with van der Waals surface area (Å²) in [5.41, 5.74) is 3.04. The van der Waals surface area contributed by atoms with Crippen LogP contribution >= 0.6 is 35.0 Å². The summed E-state index contributed by atoms with van der Waals surface area (Å²) in [5, 5.41) is 5.58. The van der Waals surface area contributed by atoms with E-state index in [9.17, 15) is 0 Å². The third kappa shape index (κ3) is 5.82. The molecule has 25 heavy (non-hydrogen) atoms. The molecule has 0 saturated heterocycles. The Morgan fingerprint density at radius 1 is 0.800 bits per heavy atom. The van der Waals surface area contributed by atoms with Crippen LogP contribution in [0.4, 0.5) is 11.4 Å². The van der Waals surface area contributed by atoms with Crippen LogP contribution in [-0.2, 0) is 5.75 Å². The van der Waals surface area contributed by atoms with Crippen LogP contribution in [0.25, 0.3) is 0 Å². The van der Waals surface area contributed by atoms with Crippen molar-refractivity contribution in [2.24, 2.45) is 4.99 Å². The Labute approximate surface area is 161 Å². The number of nitrogens with zero attached hydrogens (tertiary/aromatic N) is 1. The van der Waals surface area contributed by atoms with Crippen LogP contribution in [0.15, 0.2) is 83.9 Å². The van der Waals surface area contributed by atoms with Gasteiger partial charge in [-0.3, -0.25) is 0 Å². The predicted octanol–water partition coefficient (Wildman–Crippen LogP) is 7.03. The summed E-state index contributed by atoms with van der Waals surface area (Å²) >= 11 is 13.6. The van der Waals surface area contributed by atoms with Gasteiger partial charge >= 0.3 is 0 Å². The van der Waals surface area contributed by atoms with Crippen molar-refractivity contribution in [2.75, 3.05) is 5.32 Å². The Kier molecular flexibility index (Phi) is 6.40. The van der Waals surface area contributed by atoms with Gasteiger partial charge in [0.1, 0.15) is 0 Å². The van der Waals surface area contributed by atoms with E-state index in [4.69, 9.17) is 28.2 Å². The first-order valence-corrected chi connectivity index (χ1v) is 9.47. The molecular weight excluding hydrogens is 371 g/mol. The van der Waals surface area contributed by atoms with Gasteiger partial charge in [-0.15, -0.1) is 0 Å². The molecule has 5 heteroatoms. The van der Waals surface area contributed by atoms with Gasteiger partial charge < -0.3 is 5.32 Å². The molecule has 0 radical (unpaired) electrons. The number of rotatable bonds is 4. The van der Waals surface area contributed by atoms with E-state index in [1.165, 1.54) is 5.56 Å². The van der Waals surface area contributed by atoms with Crippen LogP contribution in [0.1, 0.15) is 5.56 Å². The molecule has 0 aromatic heterocycles. The molecule has 3 aromatic carbocycles. The fourth-order valence-corrected chi connectivity index (χ4v) is 3.22. The Balaban J connectivity index is 1.79. The highest BCUT2D eigenvalue weighted by molar-refractivity contribution is 8.13. The molecule has 0 heterocycles. The fraction of sp³-hybridized carbons (Fsp3) is 0.0500. The van der Waals surface area contributed by atoms with Crippen molar-refractivity contribution >= 4 is 51.5 Å². The molecule has 0 spiro atoms. The lowest BCUT2D eigenvalue weighted by molar-refractivity contribution is 1.42. The Bertz CT molecular complexity index is 832. The number of amidine groups is 1. The zero-order valence-corrected chi connectivity index (χ0v) is 15.7. The van der Waals surface area contributed by atoms with Crippen LogP contribution in [0.5, 0.6) is 0 Å². The van der Waals surface area contributed by atoms with Gasteiger partial charge in [-0.05, 0) is 54.1 Å². The van der Waals surface area contributed by atoms with Crippen molar-refractivity contribution in [2.45, 2.75) is 5.75 Å². The fourth-order valence-electron chi connectivity index (χ4n) is 2.11. The molecule has 0 saturated carbocycles. The van der Waals surface area contributed by atoms with Gasteiger partial charge in [0, 0.05) is 21.5 Å². The molecule has 0 aliphatic carbocycles. The van der Waals surface area contributed by atoms with Crippen LogP contribution in [0, 0.1) is 0 Å². The van der Waals surface area contributed by atoms with Crippen LogP contribution in [-0.4, -0.2) is 5.17 Å². The van der Waals surface area contributed by atoms with Crippen LogP contribution in [0.2, 0.25) is 10.0 Å². The number of halogens is 2. The average molecular weight is 387 g/mol. The molecule has 3 aromatic rings. The highest BCUT2D eigenvalue weighted by atomic mass is 35.5. The monoisotopic (exact) mass is 386 g/mol. The molecule has 3 rings (SSSR count). The van der Waals surface area contributed by atoms with E-state index in [2.05, 4.69) is 17.4 Å². The number of thioether (sulfide) groups is 1. The third-order valence-corrected chi connectivity index (χ3v) is 4.82. The predicted molar refractivity (Wildman–Crippen MR) is 111 cm³/mol. The van der Waals surface area contributed by atoms with E-state index in [1.807, 2.05) is 66.7 Å². The molecule has 1 N–H and O–H groups in total. The number of hydrogen-bond donors (Lipinski definition) is 1. The molecule has 0 amide bonds. The maximum atomic E-state index is 5.96. The molecule has 0 aliphatic heterocycles. The minimum atomic E-state index is 0.697. The Morgan fingerprint density at radius 3 is 2.04 bits per heavy atom. The largest absolute Gasteiger partial charge is 0.335 e. The van der Waals surface area contributed by atoms with Crippen molar-refractivity contribution < 1.29 is 0 Å². The van der Waals surface area contributed by atoms with Gasteiger partial charge in [-0.25, -0.2) is 4.99 Å². The minimum absolute atomic E-state index is 0.697. The van der Waals surface area contributed by atoms with Gasteiger partial charge in [-0.1, -0.05) is 65.3 Å². The van der Waals surface area contributed by atoms with Gasteiger partial charge in [0.15, 0.2) is 5.17 Å². The summed E-state index contributed by atoms with van der Waals surface area (Å²) in [4.78, 5) is 4.71. The lowest BCUT2D eigenvalue weighted by Gasteiger charge is -2.10. The molecule has 126 valence electrons. The molecular formula is C20H16Cl2N2S. The standard InChI is InChI=1S/C20H16Cl2N2S/c21-16-6-10-18(11-7-16)23-20(24-19-12-8-17(22)9-13-19)25-14-15-4-2-1-3-5-15/h1-13H,14H2,(H,23,24). The molecule has 0 aliphatic rings. The average Bonchev–Trinajstić information content (AvgIpc) is 2.64. The van der Waals surface area contributed by atoms with Crippen LogP contribution in [0.3, 0.4) is 0 Å². The van der Waals surface area contributed by atoms with Crippen molar-refractivity contribution in [3.05, 3.63) is 94.5 Å². The first kappa shape index (κ1) is 17.9. The summed E-state index contributed by atoms with van der Waals surface area (Å²) in [6, 6.07) is 25.3. The first-order chi connectivity index (χ1) is 12.2. The Morgan fingerprint density at radius 2 is 1.40 bits per heavy atom. The molecule has 0 fully saturated rings. The summed E-state index contributed by atoms with van der Waals surface area (Å²) in [6.45, 7) is 0. The second kappa shape index (κ2) is 8.95. The smallest absolute Gasteiger partial charge is 0.166 e. The molecule has 2 nitrogen and oxygen atoms in total. The molecule has 0 bridgehead atoms. The van der Waals surface area contributed by atoms with Crippen molar-refractivity contribution in [1.29, 1.82) is 0 Å². The Hall–Kier alpha value is -1.94. The van der Waals surface area contributed by atoms with Crippen LogP contribution < -0.4 is 5.32 Å². The van der Waals surface area contributed by atoms with E-state index >= 15 is 0 Å². The zero-order chi connectivity index (χ0) is 17.5. The summed E-state index contributed by atoms with van der Waals surface area (Å²) in [5.74, 6) is 0.827. The SMILES string of the molecule is Clc1ccc(N=C(Nc2ccc(Cl)cc2)SCc2ccccc2)cc1. The summed E-state index contributed by atoms with van der Waals surface area (Å²) < 4.78 is 0. The quantitative estimate of drug-likeness (QED) is 0.384. The van der Waals surface area contributed by atoms with Crippen molar-refractivity contribution in [1.82, 2.24) is 0 Å². The zero-order valence-electron chi connectivity index (χ0n) is 13.3. The molecule has 0 unspecified atom stereocenters. The second-order valence-electron chi connectivity index (χ2n) is 5.30. The maximum absolute atomic E-state index is 5.96. The lowest BCUT2D eigenvalue weighted by atomic mass is 10.2. The first-order valence-electron chi connectivity index (χ1n) is 7.72. The second-order valence-corrected chi connectivity index (χ2v) is 7.14. The number of anilines is 1. The van der Waals surface area contributed by atoms with E-state index in [0.29, 0.717) is 10.0 Å². The lowest BCUT2D eigenvalue weighted by Crippen LogP contribution is -2.07. The maximum Gasteiger partial charge on any atom is 0.166 e. The number of benzene rings is 3. The number of nitrogens with one attached hydrogen (secondary N) is 1. The van der Waals surface area contributed by atoms with Crippen molar-refractivity contribution in [3.63, 3.8) is 0 Å². The van der Waals surface area contributed by atoms with E-state index in [1.54, 1.807) is 11.8 Å². The third-order valence-electron chi connectivity index (χ3n) is 3.37. The van der Waals surface area contributed by atoms with Gasteiger partial charge in [0.2, 0.25) is 0 Å². The summed E-state index contributed by atoms with van der Waals surface area (Å²) in [6.07, 6.45) is 0. The topological polar surface area (TPSA) is 24.4 Å². The number of aliphatic imine (C=N–C) groups is 1.